The monoisotopic (exact) mass is 291 g/mol. The SMILES string of the molecule is CCCCCCCCCCCCS(C)(C)OC(C)=[OH+]. The van der Waals surface area contributed by atoms with Crippen molar-refractivity contribution in [2.24, 2.45) is 0 Å². The number of rotatable bonds is 12. The van der Waals surface area contributed by atoms with Gasteiger partial charge in [-0.2, -0.15) is 0 Å². The van der Waals surface area contributed by atoms with Crippen LogP contribution in [0.25, 0.3) is 0 Å². The molecule has 0 unspecified atom stereocenters. The van der Waals surface area contributed by atoms with Gasteiger partial charge in [-0.05, 0) is 6.42 Å². The molecule has 3 heteroatoms. The van der Waals surface area contributed by atoms with Gasteiger partial charge in [0.05, 0.1) is 6.92 Å². The maximum absolute atomic E-state index is 9.16. The highest BCUT2D eigenvalue weighted by Gasteiger charge is 2.22. The lowest BCUT2D eigenvalue weighted by Crippen LogP contribution is -2.09. The lowest BCUT2D eigenvalue weighted by Gasteiger charge is -2.21. The lowest BCUT2D eigenvalue weighted by molar-refractivity contribution is 0.500. The van der Waals surface area contributed by atoms with Crippen molar-refractivity contribution >= 4 is 16.3 Å². The molecule has 0 aromatic heterocycles. The number of hydrogen-bond donors (Lipinski definition) is 0. The summed E-state index contributed by atoms with van der Waals surface area (Å²) in [6.07, 6.45) is 17.9. The smallest absolute Gasteiger partial charge is 0.338 e. The van der Waals surface area contributed by atoms with Crippen LogP contribution in [0.1, 0.15) is 78.1 Å². The third kappa shape index (κ3) is 14.0. The van der Waals surface area contributed by atoms with Gasteiger partial charge in [0.25, 0.3) is 0 Å². The van der Waals surface area contributed by atoms with Crippen LogP contribution in [-0.2, 0) is 4.18 Å². The molecule has 0 rings (SSSR count). The highest BCUT2D eigenvalue weighted by molar-refractivity contribution is 8.29. The van der Waals surface area contributed by atoms with E-state index in [1.165, 1.54) is 64.2 Å². The molecule has 0 atom stereocenters. The van der Waals surface area contributed by atoms with Crippen molar-refractivity contribution in [3.8, 4) is 0 Å². The zero-order chi connectivity index (χ0) is 14.6. The predicted molar refractivity (Wildman–Crippen MR) is 89.9 cm³/mol. The topological polar surface area (TPSA) is 30.6 Å². The molecule has 2 nitrogen and oxygen atoms in total. The van der Waals surface area contributed by atoms with Crippen LogP contribution in [0.15, 0.2) is 0 Å². The first-order valence-electron chi connectivity index (χ1n) is 7.91. The molecule has 0 saturated carbocycles. The van der Waals surface area contributed by atoms with Gasteiger partial charge in [-0.15, -0.1) is 0 Å². The summed E-state index contributed by atoms with van der Waals surface area (Å²) in [6.45, 7) is 3.89. The minimum absolute atomic E-state index is 0.118. The Labute approximate surface area is 122 Å². The molecule has 0 aliphatic carbocycles. The predicted octanol–water partition coefficient (Wildman–Crippen LogP) is 5.43. The normalized spacial score (nSPS) is 12.4. The lowest BCUT2D eigenvalue weighted by atomic mass is 10.1. The number of carbonyl (C=O) groups excluding carboxylic acids is 1. The van der Waals surface area contributed by atoms with Crippen molar-refractivity contribution in [3.05, 3.63) is 0 Å². The van der Waals surface area contributed by atoms with Gasteiger partial charge in [-0.25, -0.2) is 0 Å². The maximum Gasteiger partial charge on any atom is 0.491 e. The van der Waals surface area contributed by atoms with E-state index in [9.17, 15) is 0 Å². The first-order chi connectivity index (χ1) is 8.98. The largest absolute Gasteiger partial charge is 0.491 e. The Morgan fingerprint density at radius 2 is 1.26 bits per heavy atom. The molecule has 0 aliphatic heterocycles. The van der Waals surface area contributed by atoms with Crippen LogP contribution in [0.2, 0.25) is 0 Å². The minimum Gasteiger partial charge on any atom is -0.338 e. The third-order valence-electron chi connectivity index (χ3n) is 3.34. The van der Waals surface area contributed by atoms with Crippen LogP contribution in [0.4, 0.5) is 0 Å². The van der Waals surface area contributed by atoms with Gasteiger partial charge >= 0.3 is 5.97 Å². The van der Waals surface area contributed by atoms with Gasteiger partial charge in [-0.3, -0.25) is 4.18 Å². The van der Waals surface area contributed by atoms with Gasteiger partial charge in [-0.1, -0.05) is 64.7 Å². The average molecular weight is 292 g/mol. The van der Waals surface area contributed by atoms with Crippen molar-refractivity contribution < 1.29 is 8.98 Å². The first kappa shape index (κ1) is 18.8. The Balaban J connectivity index is 3.28. The summed E-state index contributed by atoms with van der Waals surface area (Å²) in [7, 11) is -1.08. The summed E-state index contributed by atoms with van der Waals surface area (Å²) in [5, 5.41) is 0. The van der Waals surface area contributed by atoms with E-state index in [1.54, 1.807) is 6.92 Å². The zero-order valence-electron chi connectivity index (χ0n) is 13.5. The molecule has 0 radical (unpaired) electrons. The second-order valence-corrected chi connectivity index (χ2v) is 9.37. The van der Waals surface area contributed by atoms with Gasteiger partial charge < -0.3 is 4.79 Å². The van der Waals surface area contributed by atoms with Gasteiger partial charge in [0.1, 0.15) is 0 Å². The Morgan fingerprint density at radius 1 is 0.842 bits per heavy atom. The maximum atomic E-state index is 9.16. The molecule has 0 spiro atoms. The molecule has 0 bridgehead atoms. The molecule has 116 valence electrons. The number of unbranched alkanes of at least 4 members (excludes halogenated alkanes) is 9. The van der Waals surface area contributed by atoms with Crippen LogP contribution in [0.3, 0.4) is 0 Å². The summed E-state index contributed by atoms with van der Waals surface area (Å²) in [5.74, 6) is 1.22. The molecule has 19 heavy (non-hydrogen) atoms. The summed E-state index contributed by atoms with van der Waals surface area (Å²) >= 11 is 0. The highest BCUT2D eigenvalue weighted by atomic mass is 32.3. The van der Waals surface area contributed by atoms with Crippen LogP contribution < -0.4 is 0 Å². The van der Waals surface area contributed by atoms with E-state index in [0.717, 1.165) is 5.75 Å². The quantitative estimate of drug-likeness (QED) is 0.348. The highest BCUT2D eigenvalue weighted by Crippen LogP contribution is 2.42. The van der Waals surface area contributed by atoms with Crippen LogP contribution in [-0.4, -0.2) is 29.0 Å². The molecule has 0 saturated heterocycles. The van der Waals surface area contributed by atoms with E-state index < -0.39 is 10.3 Å². The van der Waals surface area contributed by atoms with Crippen LogP contribution in [0, 0.1) is 0 Å². The van der Waals surface area contributed by atoms with Gasteiger partial charge in [0, 0.05) is 28.6 Å². The molecule has 0 heterocycles. The molecule has 0 aliphatic rings. The second kappa shape index (κ2) is 11.6. The molecule has 0 amide bonds. The summed E-state index contributed by atoms with van der Waals surface area (Å²) in [6, 6.07) is 0. The molecular formula is C16H35O2S+. The Morgan fingerprint density at radius 3 is 1.68 bits per heavy atom. The van der Waals surface area contributed by atoms with Crippen LogP contribution >= 0.6 is 10.3 Å². The fraction of sp³-hybridized carbons (Fsp3) is 0.938. The minimum atomic E-state index is -1.08. The van der Waals surface area contributed by atoms with Crippen molar-refractivity contribution in [2.75, 3.05) is 18.3 Å². The molecule has 0 fully saturated rings. The summed E-state index contributed by atoms with van der Waals surface area (Å²) < 4.78 is 5.48. The first-order valence-corrected chi connectivity index (χ1v) is 10.5. The fourth-order valence-corrected chi connectivity index (χ4v) is 3.94. The van der Waals surface area contributed by atoms with Gasteiger partial charge in [0.15, 0.2) is 0 Å². The average Bonchev–Trinajstić information content (AvgIpc) is 2.30. The van der Waals surface area contributed by atoms with E-state index in [-0.39, 0.29) is 5.97 Å². The van der Waals surface area contributed by atoms with Crippen molar-refractivity contribution in [1.82, 2.24) is 0 Å². The zero-order valence-corrected chi connectivity index (χ0v) is 14.4. The van der Waals surface area contributed by atoms with E-state index >= 15 is 0 Å². The standard InChI is InChI=1S/C16H34O2S/c1-5-6-7-8-9-10-11-12-13-14-15-19(3,4)18-16(2)17/h5-15H2,1-4H3/p+1. The van der Waals surface area contributed by atoms with E-state index in [4.69, 9.17) is 8.98 Å². The van der Waals surface area contributed by atoms with E-state index in [0.29, 0.717) is 0 Å². The molecular weight excluding hydrogens is 256 g/mol. The summed E-state index contributed by atoms with van der Waals surface area (Å²) in [5.41, 5.74) is 0. The second-order valence-electron chi connectivity index (χ2n) is 5.93. The Bertz CT molecular complexity index is 227. The van der Waals surface area contributed by atoms with E-state index in [1.807, 2.05) is 0 Å². The molecule has 0 aromatic rings. The Hall–Kier alpha value is -0.180. The number of hydrogen-bond acceptors (Lipinski definition) is 1. The van der Waals surface area contributed by atoms with Crippen LogP contribution in [0.5, 0.6) is 0 Å². The third-order valence-corrected chi connectivity index (χ3v) is 5.30. The summed E-state index contributed by atoms with van der Waals surface area (Å²) in [4.78, 5) is 9.16. The van der Waals surface area contributed by atoms with E-state index in [2.05, 4.69) is 19.4 Å². The molecule has 1 N–H and O–H groups in total. The van der Waals surface area contributed by atoms with Gasteiger partial charge in [0.2, 0.25) is 0 Å². The molecule has 0 aromatic carbocycles. The van der Waals surface area contributed by atoms with Crippen molar-refractivity contribution in [1.29, 1.82) is 0 Å². The van der Waals surface area contributed by atoms with Crippen molar-refractivity contribution in [3.63, 3.8) is 0 Å². The Kier molecular flexibility index (Phi) is 11.5. The fourth-order valence-electron chi connectivity index (χ4n) is 2.31. The van der Waals surface area contributed by atoms with Crippen molar-refractivity contribution in [2.45, 2.75) is 78.1 Å².